The molecule has 17 heavy (non-hydrogen) atoms. The summed E-state index contributed by atoms with van der Waals surface area (Å²) in [5, 5.41) is 3.12. The summed E-state index contributed by atoms with van der Waals surface area (Å²) < 4.78 is 10.7. The Bertz CT molecular complexity index is 279. The van der Waals surface area contributed by atoms with Crippen molar-refractivity contribution in [3.8, 4) is 0 Å². The number of nitrogens with one attached hydrogen (secondary N) is 1. The summed E-state index contributed by atoms with van der Waals surface area (Å²) >= 11 is 0. The molecule has 5 nitrogen and oxygen atoms in total. The molecule has 0 radical (unpaired) electrons. The van der Waals surface area contributed by atoms with Gasteiger partial charge in [0.2, 0.25) is 0 Å². The van der Waals surface area contributed by atoms with Crippen molar-refractivity contribution in [2.75, 3.05) is 33.4 Å². The molecule has 2 atom stereocenters. The smallest absolute Gasteiger partial charge is 0.188 e. The van der Waals surface area contributed by atoms with Crippen LogP contribution in [-0.2, 0) is 9.47 Å². The van der Waals surface area contributed by atoms with Gasteiger partial charge in [0.25, 0.3) is 0 Å². The summed E-state index contributed by atoms with van der Waals surface area (Å²) in [5.41, 5.74) is 6.75. The number of hydrogen-bond acceptors (Lipinski definition) is 3. The third kappa shape index (κ3) is 5.19. The fourth-order valence-corrected chi connectivity index (χ4v) is 1.76. The first-order chi connectivity index (χ1) is 8.13. The van der Waals surface area contributed by atoms with Crippen molar-refractivity contribution >= 4 is 5.96 Å². The zero-order chi connectivity index (χ0) is 12.7. The molecule has 0 aromatic rings. The predicted octanol–water partition coefficient (Wildman–Crippen LogP) is 0.518. The van der Waals surface area contributed by atoms with Gasteiger partial charge >= 0.3 is 0 Å². The Labute approximate surface area is 103 Å². The number of ether oxygens (including phenoxy) is 2. The number of aliphatic imine (C=N–C) groups is 1. The molecule has 5 heteroatoms. The van der Waals surface area contributed by atoms with Crippen molar-refractivity contribution in [3.63, 3.8) is 0 Å². The minimum absolute atomic E-state index is 0.144. The largest absolute Gasteiger partial charge is 0.379 e. The van der Waals surface area contributed by atoms with Crippen molar-refractivity contribution in [2.45, 2.75) is 19.4 Å². The van der Waals surface area contributed by atoms with Crippen molar-refractivity contribution in [1.29, 1.82) is 0 Å². The van der Waals surface area contributed by atoms with Crippen LogP contribution in [0.2, 0.25) is 0 Å². The average molecular weight is 241 g/mol. The van der Waals surface area contributed by atoms with E-state index in [0.717, 1.165) is 25.1 Å². The van der Waals surface area contributed by atoms with Crippen LogP contribution in [-0.4, -0.2) is 45.5 Å². The molecule has 1 saturated heterocycles. The molecule has 0 bridgehead atoms. The van der Waals surface area contributed by atoms with Gasteiger partial charge < -0.3 is 20.5 Å². The molecule has 0 spiro atoms. The molecular weight excluding hydrogens is 218 g/mol. The second kappa shape index (κ2) is 7.29. The fraction of sp³-hybridized carbons (Fsp3) is 0.750. The quantitative estimate of drug-likeness (QED) is 0.418. The van der Waals surface area contributed by atoms with E-state index < -0.39 is 0 Å². The van der Waals surface area contributed by atoms with Crippen LogP contribution in [0.15, 0.2) is 17.1 Å². The molecular formula is C12H23N3O2. The molecule has 1 fully saturated rings. The Kier molecular flexibility index (Phi) is 6.00. The van der Waals surface area contributed by atoms with E-state index in [2.05, 4.69) is 16.9 Å². The highest BCUT2D eigenvalue weighted by Gasteiger charge is 2.25. The van der Waals surface area contributed by atoms with Gasteiger partial charge in [-0.1, -0.05) is 12.2 Å². The van der Waals surface area contributed by atoms with Crippen molar-refractivity contribution < 1.29 is 9.47 Å². The topological polar surface area (TPSA) is 68.9 Å². The first kappa shape index (κ1) is 14.0. The third-order valence-corrected chi connectivity index (χ3v) is 2.81. The lowest BCUT2D eigenvalue weighted by Gasteiger charge is -2.30. The first-order valence-corrected chi connectivity index (χ1v) is 5.92. The van der Waals surface area contributed by atoms with Gasteiger partial charge in [0.1, 0.15) is 0 Å². The molecule has 0 amide bonds. The number of nitrogens with zero attached hydrogens (tertiary/aromatic N) is 1. The minimum atomic E-state index is 0.144. The van der Waals surface area contributed by atoms with Crippen molar-refractivity contribution in [1.82, 2.24) is 5.32 Å². The molecule has 98 valence electrons. The number of rotatable bonds is 5. The zero-order valence-corrected chi connectivity index (χ0v) is 10.7. The maximum absolute atomic E-state index is 5.75. The molecule has 3 N–H and O–H groups in total. The Morgan fingerprint density at radius 2 is 2.41 bits per heavy atom. The predicted molar refractivity (Wildman–Crippen MR) is 69.0 cm³/mol. The minimum Gasteiger partial charge on any atom is -0.379 e. The molecule has 1 heterocycles. The Morgan fingerprint density at radius 1 is 1.65 bits per heavy atom. The lowest BCUT2D eigenvalue weighted by molar-refractivity contribution is -0.0636. The van der Waals surface area contributed by atoms with E-state index in [-0.39, 0.29) is 6.10 Å². The third-order valence-electron chi connectivity index (χ3n) is 2.81. The molecule has 1 aliphatic rings. The normalized spacial score (nSPS) is 25.6. The van der Waals surface area contributed by atoms with Crippen molar-refractivity contribution in [3.05, 3.63) is 12.2 Å². The number of methoxy groups -OCH3 is 1. The Hall–Kier alpha value is -1.07. The van der Waals surface area contributed by atoms with E-state index in [1.54, 1.807) is 7.11 Å². The van der Waals surface area contributed by atoms with Gasteiger partial charge in [-0.3, -0.25) is 0 Å². The molecule has 1 rings (SSSR count). The Morgan fingerprint density at radius 3 is 3.06 bits per heavy atom. The van der Waals surface area contributed by atoms with Crippen LogP contribution in [0.1, 0.15) is 13.3 Å². The standard InChI is InChI=1S/C12H23N3O2/c1-9(2)6-14-12(13)15-7-10-4-5-17-8-11(10)16-3/h10-11H,1,4-8H2,2-3H3,(H3,13,14,15). The second-order valence-corrected chi connectivity index (χ2v) is 4.44. The van der Waals surface area contributed by atoms with Crippen LogP contribution in [0.3, 0.4) is 0 Å². The van der Waals surface area contributed by atoms with Gasteiger partial charge in [-0.25, -0.2) is 4.99 Å². The first-order valence-electron chi connectivity index (χ1n) is 5.92. The number of hydrogen-bond donors (Lipinski definition) is 2. The van der Waals surface area contributed by atoms with E-state index in [9.17, 15) is 0 Å². The van der Waals surface area contributed by atoms with E-state index in [0.29, 0.717) is 25.0 Å². The highest BCUT2D eigenvalue weighted by molar-refractivity contribution is 5.77. The van der Waals surface area contributed by atoms with E-state index in [1.807, 2.05) is 6.92 Å². The SMILES string of the molecule is C=C(C)CN=C(N)NCC1CCOCC1OC. The molecule has 0 aliphatic carbocycles. The molecule has 1 aliphatic heterocycles. The lowest BCUT2D eigenvalue weighted by Crippen LogP contribution is -2.43. The van der Waals surface area contributed by atoms with Crippen LogP contribution in [0.4, 0.5) is 0 Å². The van der Waals surface area contributed by atoms with Crippen LogP contribution >= 0.6 is 0 Å². The lowest BCUT2D eigenvalue weighted by atomic mass is 9.97. The van der Waals surface area contributed by atoms with Gasteiger partial charge in [-0.05, 0) is 13.3 Å². The maximum Gasteiger partial charge on any atom is 0.188 e. The van der Waals surface area contributed by atoms with Crippen LogP contribution < -0.4 is 11.1 Å². The monoisotopic (exact) mass is 241 g/mol. The van der Waals surface area contributed by atoms with Gasteiger partial charge in [0.05, 0.1) is 19.3 Å². The fourth-order valence-electron chi connectivity index (χ4n) is 1.76. The number of guanidine groups is 1. The summed E-state index contributed by atoms with van der Waals surface area (Å²) in [6, 6.07) is 0. The number of nitrogens with two attached hydrogens (primary N) is 1. The second-order valence-electron chi connectivity index (χ2n) is 4.44. The van der Waals surface area contributed by atoms with Crippen LogP contribution in [0.5, 0.6) is 0 Å². The maximum atomic E-state index is 5.75. The Balaban J connectivity index is 2.32. The summed E-state index contributed by atoms with van der Waals surface area (Å²) in [6.07, 6.45) is 1.13. The highest BCUT2D eigenvalue weighted by atomic mass is 16.5. The van der Waals surface area contributed by atoms with Gasteiger partial charge in [-0.15, -0.1) is 0 Å². The average Bonchev–Trinajstić information content (AvgIpc) is 2.34. The van der Waals surface area contributed by atoms with E-state index in [4.69, 9.17) is 15.2 Å². The summed E-state index contributed by atoms with van der Waals surface area (Å²) in [5.74, 6) is 0.890. The summed E-state index contributed by atoms with van der Waals surface area (Å²) in [6.45, 7) is 8.49. The van der Waals surface area contributed by atoms with E-state index in [1.165, 1.54) is 0 Å². The van der Waals surface area contributed by atoms with E-state index >= 15 is 0 Å². The van der Waals surface area contributed by atoms with Gasteiger partial charge in [-0.2, -0.15) is 0 Å². The van der Waals surface area contributed by atoms with Crippen LogP contribution in [0.25, 0.3) is 0 Å². The molecule has 0 saturated carbocycles. The van der Waals surface area contributed by atoms with Gasteiger partial charge in [0.15, 0.2) is 5.96 Å². The molecule has 0 aromatic carbocycles. The zero-order valence-electron chi connectivity index (χ0n) is 10.7. The summed E-state index contributed by atoms with van der Waals surface area (Å²) in [7, 11) is 1.71. The van der Waals surface area contributed by atoms with Crippen molar-refractivity contribution in [2.24, 2.45) is 16.6 Å². The highest BCUT2D eigenvalue weighted by Crippen LogP contribution is 2.16. The van der Waals surface area contributed by atoms with Crippen LogP contribution in [0, 0.1) is 5.92 Å². The molecule has 2 unspecified atom stereocenters. The molecule has 0 aromatic heterocycles. The van der Waals surface area contributed by atoms with Gasteiger partial charge in [0, 0.05) is 26.2 Å². The summed E-state index contributed by atoms with van der Waals surface area (Å²) in [4.78, 5) is 4.17.